The van der Waals surface area contributed by atoms with E-state index >= 15 is 0 Å². The van der Waals surface area contributed by atoms with Gasteiger partial charge in [0.25, 0.3) is 11.1 Å². The molecule has 0 unspecified atom stereocenters. The van der Waals surface area contributed by atoms with Crippen LogP contribution >= 0.6 is 27.7 Å². The minimum absolute atomic E-state index is 0.0567. The smallest absolute Gasteiger partial charge is 0.416 e. The number of para-hydroxylation sites is 1. The zero-order valence-corrected chi connectivity index (χ0v) is 23.6. The van der Waals surface area contributed by atoms with Gasteiger partial charge in [0, 0.05) is 11.8 Å². The molecule has 4 rings (SSSR count). The molecule has 1 aliphatic rings. The van der Waals surface area contributed by atoms with Crippen LogP contribution in [0, 0.1) is 24.0 Å². The summed E-state index contributed by atoms with van der Waals surface area (Å²) in [5.41, 5.74) is 0.649. The summed E-state index contributed by atoms with van der Waals surface area (Å²) >= 11 is 3.91. The second-order valence-electron chi connectivity index (χ2n) is 8.81. The molecule has 1 saturated heterocycles. The second kappa shape index (κ2) is 11.7. The van der Waals surface area contributed by atoms with Crippen molar-refractivity contribution in [3.63, 3.8) is 0 Å². The van der Waals surface area contributed by atoms with Gasteiger partial charge in [0.2, 0.25) is 11.7 Å². The number of rotatable bonds is 7. The number of nitro groups is 1. The SMILES string of the molecule is Cc1cccc(C)c1NC(=O)CN1C(=O)S/C(=C/c2ccc(Oc3ccc(C(F)(F)F)cc3[N+](=O)[O-])c(Br)c2)C1=O. The van der Waals surface area contributed by atoms with Crippen molar-refractivity contribution in [1.29, 1.82) is 0 Å². The van der Waals surface area contributed by atoms with Crippen LogP contribution in [-0.2, 0) is 15.8 Å². The number of thioether (sulfide) groups is 1. The summed E-state index contributed by atoms with van der Waals surface area (Å²) in [6, 6.07) is 11.8. The third-order valence-electron chi connectivity index (χ3n) is 5.88. The molecule has 0 aromatic heterocycles. The molecule has 1 aliphatic heterocycles. The topological polar surface area (TPSA) is 119 Å². The van der Waals surface area contributed by atoms with E-state index in [1.165, 1.54) is 24.3 Å². The van der Waals surface area contributed by atoms with Crippen molar-refractivity contribution in [3.05, 3.63) is 96.3 Å². The predicted molar refractivity (Wildman–Crippen MR) is 150 cm³/mol. The van der Waals surface area contributed by atoms with Crippen molar-refractivity contribution < 1.29 is 37.2 Å². The third kappa shape index (κ3) is 6.77. The first-order valence-electron chi connectivity index (χ1n) is 11.7. The van der Waals surface area contributed by atoms with Crippen LogP contribution in [0.25, 0.3) is 6.08 Å². The Morgan fingerprint density at radius 2 is 1.76 bits per heavy atom. The lowest BCUT2D eigenvalue weighted by Crippen LogP contribution is -2.36. The summed E-state index contributed by atoms with van der Waals surface area (Å²) in [7, 11) is 0. The molecule has 0 radical (unpaired) electrons. The number of halogens is 4. The first-order valence-corrected chi connectivity index (χ1v) is 13.3. The van der Waals surface area contributed by atoms with Crippen LogP contribution in [0.5, 0.6) is 11.5 Å². The molecular formula is C27H19BrF3N3O6S. The maximum Gasteiger partial charge on any atom is 0.416 e. The number of nitrogens with zero attached hydrogens (tertiary/aromatic N) is 2. The van der Waals surface area contributed by atoms with Crippen LogP contribution in [0.2, 0.25) is 0 Å². The van der Waals surface area contributed by atoms with E-state index in [2.05, 4.69) is 21.2 Å². The molecule has 0 spiro atoms. The van der Waals surface area contributed by atoms with E-state index in [-0.39, 0.29) is 15.1 Å². The van der Waals surface area contributed by atoms with Gasteiger partial charge in [0.1, 0.15) is 12.3 Å². The highest BCUT2D eigenvalue weighted by Crippen LogP contribution is 2.40. The Hall–Kier alpha value is -4.17. The van der Waals surface area contributed by atoms with Crippen molar-refractivity contribution >= 4 is 62.2 Å². The molecule has 1 fully saturated rings. The van der Waals surface area contributed by atoms with Crippen molar-refractivity contribution in [1.82, 2.24) is 4.90 Å². The molecule has 0 saturated carbocycles. The monoisotopic (exact) mass is 649 g/mol. The minimum Gasteiger partial charge on any atom is -0.449 e. The fourth-order valence-electron chi connectivity index (χ4n) is 3.85. The summed E-state index contributed by atoms with van der Waals surface area (Å²) in [6.45, 7) is 3.17. The number of anilines is 1. The molecule has 9 nitrogen and oxygen atoms in total. The molecular weight excluding hydrogens is 631 g/mol. The number of benzene rings is 3. The second-order valence-corrected chi connectivity index (χ2v) is 10.7. The summed E-state index contributed by atoms with van der Waals surface area (Å²) in [6.07, 6.45) is -3.35. The highest BCUT2D eigenvalue weighted by molar-refractivity contribution is 9.10. The molecule has 0 bridgehead atoms. The number of carbonyl (C=O) groups excluding carboxylic acids is 3. The first-order chi connectivity index (χ1) is 19.2. The largest absolute Gasteiger partial charge is 0.449 e. The maximum absolute atomic E-state index is 13.0. The average molecular weight is 650 g/mol. The van der Waals surface area contributed by atoms with Gasteiger partial charge in [-0.15, -0.1) is 0 Å². The van der Waals surface area contributed by atoms with Gasteiger partial charge in [-0.1, -0.05) is 24.3 Å². The van der Waals surface area contributed by atoms with E-state index in [1.807, 2.05) is 32.0 Å². The average Bonchev–Trinajstić information content (AvgIpc) is 3.14. The Labute approximate surface area is 243 Å². The van der Waals surface area contributed by atoms with Gasteiger partial charge in [-0.3, -0.25) is 29.4 Å². The number of alkyl halides is 3. The molecule has 212 valence electrons. The van der Waals surface area contributed by atoms with Crippen LogP contribution in [0.4, 0.5) is 29.3 Å². The van der Waals surface area contributed by atoms with Gasteiger partial charge in [-0.05, 0) is 88.6 Å². The fourth-order valence-corrected chi connectivity index (χ4v) is 5.17. The summed E-state index contributed by atoms with van der Waals surface area (Å²) in [4.78, 5) is 49.2. The van der Waals surface area contributed by atoms with Gasteiger partial charge in [0.15, 0.2) is 0 Å². The Bertz CT molecular complexity index is 1610. The maximum atomic E-state index is 13.0. The van der Waals surface area contributed by atoms with Crippen molar-refractivity contribution in [2.75, 3.05) is 11.9 Å². The highest BCUT2D eigenvalue weighted by atomic mass is 79.9. The van der Waals surface area contributed by atoms with E-state index < -0.39 is 51.7 Å². The van der Waals surface area contributed by atoms with Crippen molar-refractivity contribution in [3.8, 4) is 11.5 Å². The number of nitrogens with one attached hydrogen (secondary N) is 1. The quantitative estimate of drug-likeness (QED) is 0.160. The number of imide groups is 1. The molecule has 3 aromatic carbocycles. The molecule has 3 aromatic rings. The molecule has 3 amide bonds. The third-order valence-corrected chi connectivity index (χ3v) is 7.40. The summed E-state index contributed by atoms with van der Waals surface area (Å²) < 4.78 is 44.7. The fraction of sp³-hybridized carbons (Fsp3) is 0.148. The Morgan fingerprint density at radius 1 is 1.10 bits per heavy atom. The number of hydrogen-bond donors (Lipinski definition) is 1. The summed E-state index contributed by atoms with van der Waals surface area (Å²) in [5.74, 6) is -1.54. The highest BCUT2D eigenvalue weighted by Gasteiger charge is 2.36. The number of carbonyl (C=O) groups is 3. The van der Waals surface area contributed by atoms with E-state index in [4.69, 9.17) is 4.74 Å². The van der Waals surface area contributed by atoms with Crippen LogP contribution in [0.3, 0.4) is 0 Å². The summed E-state index contributed by atoms with van der Waals surface area (Å²) in [5, 5.41) is 13.5. The van der Waals surface area contributed by atoms with E-state index in [0.29, 0.717) is 35.1 Å². The van der Waals surface area contributed by atoms with Gasteiger partial charge in [0.05, 0.1) is 19.9 Å². The van der Waals surface area contributed by atoms with Crippen LogP contribution in [-0.4, -0.2) is 33.4 Å². The van der Waals surface area contributed by atoms with Gasteiger partial charge in [-0.2, -0.15) is 13.2 Å². The Morgan fingerprint density at radius 3 is 2.37 bits per heavy atom. The van der Waals surface area contributed by atoms with Crippen LogP contribution in [0.15, 0.2) is 64.0 Å². The van der Waals surface area contributed by atoms with Crippen LogP contribution in [0.1, 0.15) is 22.3 Å². The molecule has 0 atom stereocenters. The van der Waals surface area contributed by atoms with E-state index in [0.717, 1.165) is 22.1 Å². The number of hydrogen-bond acceptors (Lipinski definition) is 7. The van der Waals surface area contributed by atoms with Gasteiger partial charge >= 0.3 is 11.9 Å². The van der Waals surface area contributed by atoms with E-state index in [1.54, 1.807) is 0 Å². The predicted octanol–water partition coefficient (Wildman–Crippen LogP) is 7.46. The molecule has 14 heteroatoms. The van der Waals surface area contributed by atoms with E-state index in [9.17, 15) is 37.7 Å². The van der Waals surface area contributed by atoms with Crippen molar-refractivity contribution in [2.24, 2.45) is 0 Å². The normalized spacial score (nSPS) is 14.5. The number of nitro benzene ring substituents is 1. The zero-order chi connectivity index (χ0) is 30.1. The first kappa shape index (κ1) is 29.8. The Balaban J connectivity index is 1.49. The lowest BCUT2D eigenvalue weighted by Gasteiger charge is -2.15. The van der Waals surface area contributed by atoms with Crippen LogP contribution < -0.4 is 10.1 Å². The van der Waals surface area contributed by atoms with Gasteiger partial charge < -0.3 is 10.1 Å². The molecule has 41 heavy (non-hydrogen) atoms. The zero-order valence-electron chi connectivity index (χ0n) is 21.2. The molecule has 1 N–H and O–H groups in total. The minimum atomic E-state index is -4.77. The van der Waals surface area contributed by atoms with Crippen molar-refractivity contribution in [2.45, 2.75) is 20.0 Å². The lowest BCUT2D eigenvalue weighted by molar-refractivity contribution is -0.385. The number of aryl methyl sites for hydroxylation is 2. The molecule has 0 aliphatic carbocycles. The standard InChI is InChI=1S/C27H19BrF3N3O6S/c1-14-4-3-5-15(2)24(14)32-23(35)13-33-25(36)22(41-26(33)37)11-16-6-8-20(18(28)10-16)40-21-9-7-17(27(29,30)31)12-19(21)34(38)39/h3-12H,13H2,1-2H3,(H,32,35)/b22-11+. The lowest BCUT2D eigenvalue weighted by atomic mass is 10.1. The molecule has 1 heterocycles. The number of ether oxygens (including phenoxy) is 1. The van der Waals surface area contributed by atoms with Gasteiger partial charge in [-0.25, -0.2) is 0 Å². The number of amides is 3. The Kier molecular flexibility index (Phi) is 8.54.